The Bertz CT molecular complexity index is 557. The minimum absolute atomic E-state index is 0.360. The van der Waals surface area contributed by atoms with E-state index in [4.69, 9.17) is 11.6 Å². The van der Waals surface area contributed by atoms with Gasteiger partial charge < -0.3 is 5.11 Å². The lowest BCUT2D eigenvalue weighted by molar-refractivity contribution is 0.175. The lowest BCUT2D eigenvalue weighted by Crippen LogP contribution is -2.14. The predicted molar refractivity (Wildman–Crippen MR) is 84.0 cm³/mol. The first kappa shape index (κ1) is 14.8. The fourth-order valence-corrected chi connectivity index (χ4v) is 2.51. The topological polar surface area (TPSA) is 20.2 Å². The molecule has 0 aliphatic heterocycles. The highest BCUT2D eigenvalue weighted by Crippen LogP contribution is 2.20. The lowest BCUT2D eigenvalue weighted by Gasteiger charge is -2.12. The third kappa shape index (κ3) is 4.44. The van der Waals surface area contributed by atoms with Crippen LogP contribution in [0.2, 0.25) is 5.02 Å². The van der Waals surface area contributed by atoms with E-state index in [1.165, 1.54) is 12.1 Å². The van der Waals surface area contributed by atoms with Gasteiger partial charge in [0.05, 0.1) is 6.10 Å². The van der Waals surface area contributed by atoms with Gasteiger partial charge >= 0.3 is 0 Å². The fraction of sp³-hybridized carbons (Fsp3) is 0.200. The van der Waals surface area contributed by atoms with Crippen molar-refractivity contribution in [1.82, 2.24) is 0 Å². The third-order valence-corrected chi connectivity index (χ3v) is 3.93. The average molecular weight is 391 g/mol. The molecule has 0 fully saturated rings. The smallest absolute Gasteiger partial charge is 0.124 e. The number of hydrogen-bond acceptors (Lipinski definition) is 1. The van der Waals surface area contributed by atoms with E-state index in [2.05, 4.69) is 22.6 Å². The first-order valence-electron chi connectivity index (χ1n) is 5.91. The van der Waals surface area contributed by atoms with Gasteiger partial charge in [-0.3, -0.25) is 0 Å². The number of halogens is 3. The molecule has 4 heteroatoms. The van der Waals surface area contributed by atoms with E-state index in [9.17, 15) is 9.50 Å². The van der Waals surface area contributed by atoms with Crippen LogP contribution in [0.3, 0.4) is 0 Å². The van der Waals surface area contributed by atoms with Gasteiger partial charge in [-0.2, -0.15) is 0 Å². The summed E-state index contributed by atoms with van der Waals surface area (Å²) in [6, 6.07) is 12.3. The lowest BCUT2D eigenvalue weighted by atomic mass is 10.0. The zero-order chi connectivity index (χ0) is 13.8. The quantitative estimate of drug-likeness (QED) is 0.775. The van der Waals surface area contributed by atoms with Gasteiger partial charge in [-0.15, -0.1) is 0 Å². The molecule has 1 nitrogen and oxygen atoms in total. The van der Waals surface area contributed by atoms with Gasteiger partial charge in [-0.25, -0.2) is 4.39 Å². The molecular weight excluding hydrogens is 378 g/mol. The molecule has 0 aromatic heterocycles. The van der Waals surface area contributed by atoms with E-state index >= 15 is 0 Å². The van der Waals surface area contributed by atoms with Crippen molar-refractivity contribution >= 4 is 34.2 Å². The Kier molecular flexibility index (Phi) is 5.19. The highest BCUT2D eigenvalue weighted by Gasteiger charge is 2.10. The maximum atomic E-state index is 12.9. The number of rotatable bonds is 4. The van der Waals surface area contributed by atoms with Gasteiger partial charge in [0.25, 0.3) is 0 Å². The molecule has 0 aliphatic carbocycles. The van der Waals surface area contributed by atoms with Crippen molar-refractivity contribution in [2.75, 3.05) is 0 Å². The highest BCUT2D eigenvalue weighted by molar-refractivity contribution is 14.1. The average Bonchev–Trinajstić information content (AvgIpc) is 2.36. The number of benzene rings is 2. The summed E-state index contributed by atoms with van der Waals surface area (Å²) in [5.74, 6) is -0.360. The molecule has 0 saturated heterocycles. The van der Waals surface area contributed by atoms with Crippen LogP contribution in [-0.2, 0) is 12.8 Å². The number of hydrogen-bond donors (Lipinski definition) is 1. The van der Waals surface area contributed by atoms with Crippen LogP contribution in [0.5, 0.6) is 0 Å². The zero-order valence-corrected chi connectivity index (χ0v) is 13.0. The second kappa shape index (κ2) is 6.68. The van der Waals surface area contributed by atoms with E-state index in [1.54, 1.807) is 6.07 Å². The zero-order valence-electron chi connectivity index (χ0n) is 10.1. The number of aliphatic hydroxyl groups excluding tert-OH is 1. The van der Waals surface area contributed by atoms with Gasteiger partial charge in [-0.05, 0) is 64.4 Å². The first-order chi connectivity index (χ1) is 9.04. The second-order valence-electron chi connectivity index (χ2n) is 4.42. The van der Waals surface area contributed by atoms with E-state index in [-0.39, 0.29) is 5.82 Å². The van der Waals surface area contributed by atoms with E-state index in [0.717, 1.165) is 14.7 Å². The fourth-order valence-electron chi connectivity index (χ4n) is 1.91. The van der Waals surface area contributed by atoms with Crippen LogP contribution in [0.25, 0.3) is 0 Å². The molecule has 0 heterocycles. The Balaban J connectivity index is 2.01. The Labute approximate surface area is 130 Å². The van der Waals surface area contributed by atoms with E-state index in [1.807, 2.05) is 24.3 Å². The summed E-state index contributed by atoms with van der Waals surface area (Å²) >= 11 is 8.19. The molecule has 0 spiro atoms. The minimum Gasteiger partial charge on any atom is -0.392 e. The van der Waals surface area contributed by atoms with Gasteiger partial charge in [0, 0.05) is 15.0 Å². The van der Waals surface area contributed by atoms with Crippen LogP contribution in [-0.4, -0.2) is 11.2 Å². The second-order valence-corrected chi connectivity index (χ2v) is 6.08. The van der Waals surface area contributed by atoms with Crippen LogP contribution in [0, 0.1) is 9.39 Å². The maximum Gasteiger partial charge on any atom is 0.124 e. The molecule has 2 rings (SSSR count). The van der Waals surface area contributed by atoms with Gasteiger partial charge in [0.15, 0.2) is 0 Å². The standard InChI is InChI=1S/C15H13ClFIO/c16-15-9-12(17)4-3-11(15)8-14(19)7-10-1-5-13(18)6-2-10/h1-6,9,14,19H,7-8H2. The molecular formula is C15H13ClFIO. The number of aliphatic hydroxyl groups is 1. The molecule has 0 saturated carbocycles. The maximum absolute atomic E-state index is 12.9. The Hall–Kier alpha value is -0.650. The van der Waals surface area contributed by atoms with Gasteiger partial charge in [-0.1, -0.05) is 29.8 Å². The van der Waals surface area contributed by atoms with Crippen LogP contribution in [0.4, 0.5) is 4.39 Å². The Morgan fingerprint density at radius 1 is 1.11 bits per heavy atom. The van der Waals surface area contributed by atoms with Crippen molar-refractivity contribution in [2.24, 2.45) is 0 Å². The Morgan fingerprint density at radius 3 is 2.42 bits per heavy atom. The summed E-state index contributed by atoms with van der Waals surface area (Å²) in [5.41, 5.74) is 1.84. The van der Waals surface area contributed by atoms with Crippen molar-refractivity contribution in [3.05, 3.63) is 68.0 Å². The molecule has 1 atom stereocenters. The van der Waals surface area contributed by atoms with Crippen molar-refractivity contribution in [3.63, 3.8) is 0 Å². The largest absolute Gasteiger partial charge is 0.392 e. The van der Waals surface area contributed by atoms with Crippen LogP contribution in [0.15, 0.2) is 42.5 Å². The molecule has 0 amide bonds. The molecule has 0 aliphatic rings. The molecule has 2 aromatic carbocycles. The van der Waals surface area contributed by atoms with Crippen LogP contribution >= 0.6 is 34.2 Å². The molecule has 0 bridgehead atoms. The summed E-state index contributed by atoms with van der Waals surface area (Å²) in [6.07, 6.45) is 0.457. The summed E-state index contributed by atoms with van der Waals surface area (Å²) < 4.78 is 14.1. The van der Waals surface area contributed by atoms with Crippen molar-refractivity contribution in [2.45, 2.75) is 18.9 Å². The van der Waals surface area contributed by atoms with Crippen molar-refractivity contribution in [1.29, 1.82) is 0 Å². The van der Waals surface area contributed by atoms with Crippen molar-refractivity contribution in [3.8, 4) is 0 Å². The van der Waals surface area contributed by atoms with Crippen LogP contribution in [0.1, 0.15) is 11.1 Å². The molecule has 0 radical (unpaired) electrons. The predicted octanol–water partition coefficient (Wildman–Crippen LogP) is 4.23. The molecule has 1 N–H and O–H groups in total. The molecule has 2 aromatic rings. The monoisotopic (exact) mass is 390 g/mol. The van der Waals surface area contributed by atoms with Gasteiger partial charge in [0.2, 0.25) is 0 Å². The summed E-state index contributed by atoms with van der Waals surface area (Å²) in [5, 5.41) is 10.4. The van der Waals surface area contributed by atoms with E-state index < -0.39 is 6.10 Å². The Morgan fingerprint density at radius 2 is 1.79 bits per heavy atom. The summed E-state index contributed by atoms with van der Waals surface area (Å²) in [4.78, 5) is 0. The van der Waals surface area contributed by atoms with Crippen LogP contribution < -0.4 is 0 Å². The highest BCUT2D eigenvalue weighted by atomic mass is 127. The first-order valence-corrected chi connectivity index (χ1v) is 7.36. The van der Waals surface area contributed by atoms with Gasteiger partial charge in [0.1, 0.15) is 5.82 Å². The normalized spacial score (nSPS) is 12.4. The molecule has 100 valence electrons. The van der Waals surface area contributed by atoms with Crippen molar-refractivity contribution < 1.29 is 9.50 Å². The summed E-state index contributed by atoms with van der Waals surface area (Å²) in [6.45, 7) is 0. The SMILES string of the molecule is OC(Cc1ccc(I)cc1)Cc1ccc(F)cc1Cl. The minimum atomic E-state index is -0.525. The molecule has 1 unspecified atom stereocenters. The van der Waals surface area contributed by atoms with E-state index in [0.29, 0.717) is 17.9 Å². The molecule has 19 heavy (non-hydrogen) atoms. The summed E-state index contributed by atoms with van der Waals surface area (Å²) in [7, 11) is 0. The third-order valence-electron chi connectivity index (χ3n) is 2.86.